The summed E-state index contributed by atoms with van der Waals surface area (Å²) in [7, 11) is 1.48. The van der Waals surface area contributed by atoms with Crippen LogP contribution in [0.2, 0.25) is 0 Å². The summed E-state index contributed by atoms with van der Waals surface area (Å²) in [6.45, 7) is 0. The van der Waals surface area contributed by atoms with Crippen molar-refractivity contribution in [1.29, 1.82) is 0 Å². The zero-order valence-corrected chi connectivity index (χ0v) is 10.5. The van der Waals surface area contributed by atoms with E-state index in [1.54, 1.807) is 18.5 Å². The topological polar surface area (TPSA) is 83.2 Å². The molecule has 0 saturated heterocycles. The van der Waals surface area contributed by atoms with Crippen LogP contribution in [0.1, 0.15) is 0 Å². The Morgan fingerprint density at radius 3 is 2.71 bits per heavy atom. The van der Waals surface area contributed by atoms with Crippen LogP contribution in [0.5, 0.6) is 17.5 Å². The molecule has 6 nitrogen and oxygen atoms in total. The first kappa shape index (κ1) is 11.6. The minimum atomic E-state index is 0.233. The van der Waals surface area contributed by atoms with Gasteiger partial charge in [0.1, 0.15) is 12.1 Å². The van der Waals surface area contributed by atoms with Crippen LogP contribution in [0.3, 0.4) is 0 Å². The molecule has 0 amide bonds. The lowest BCUT2D eigenvalue weighted by molar-refractivity contribution is 0.391. The molecule has 2 aromatic heterocycles. The molecule has 0 aliphatic rings. The number of nitrogens with two attached hydrogens (primary N) is 1. The number of hydrogen-bond donors (Lipinski definition) is 1. The second-order valence-electron chi connectivity index (χ2n) is 3.04. The molecule has 7 heteroatoms. The summed E-state index contributed by atoms with van der Waals surface area (Å²) < 4.78 is 11.3. The van der Waals surface area contributed by atoms with Crippen LogP contribution in [0.15, 0.2) is 29.3 Å². The van der Waals surface area contributed by atoms with Crippen molar-refractivity contribution in [2.24, 2.45) is 0 Å². The monoisotopic (exact) mass is 296 g/mol. The van der Waals surface area contributed by atoms with Crippen molar-refractivity contribution in [2.45, 2.75) is 0 Å². The molecule has 88 valence electrons. The number of aromatic nitrogens is 3. The molecule has 0 aliphatic carbocycles. The van der Waals surface area contributed by atoms with Crippen molar-refractivity contribution in [3.8, 4) is 17.5 Å². The number of hydrogen-bond acceptors (Lipinski definition) is 6. The van der Waals surface area contributed by atoms with Gasteiger partial charge in [-0.05, 0) is 22.0 Å². The number of anilines is 1. The summed E-state index contributed by atoms with van der Waals surface area (Å²) in [5.74, 6) is 1.03. The van der Waals surface area contributed by atoms with Gasteiger partial charge in [0.2, 0.25) is 11.8 Å². The first-order chi connectivity index (χ1) is 8.20. The Balaban J connectivity index is 2.30. The first-order valence-corrected chi connectivity index (χ1v) is 5.43. The van der Waals surface area contributed by atoms with Crippen molar-refractivity contribution >= 4 is 21.6 Å². The van der Waals surface area contributed by atoms with Crippen molar-refractivity contribution in [3.63, 3.8) is 0 Å². The molecular formula is C10H9BrN4O2. The first-order valence-electron chi connectivity index (χ1n) is 4.63. The van der Waals surface area contributed by atoms with E-state index in [1.165, 1.54) is 13.4 Å². The number of nitrogens with zero attached hydrogens (tertiary/aromatic N) is 3. The van der Waals surface area contributed by atoms with Crippen molar-refractivity contribution in [2.75, 3.05) is 12.8 Å². The van der Waals surface area contributed by atoms with E-state index >= 15 is 0 Å². The summed E-state index contributed by atoms with van der Waals surface area (Å²) in [5, 5.41) is 0. The lowest BCUT2D eigenvalue weighted by Gasteiger charge is -2.08. The lowest BCUT2D eigenvalue weighted by Crippen LogP contribution is -2.00. The second kappa shape index (κ2) is 4.96. The SMILES string of the molecule is COc1ncnc(Oc2cncc(Br)c2)c1N. The Hall–Kier alpha value is -1.89. The smallest absolute Gasteiger partial charge is 0.249 e. The van der Waals surface area contributed by atoms with E-state index in [0.717, 1.165) is 4.47 Å². The highest BCUT2D eigenvalue weighted by atomic mass is 79.9. The molecule has 17 heavy (non-hydrogen) atoms. The molecular weight excluding hydrogens is 288 g/mol. The van der Waals surface area contributed by atoms with Gasteiger partial charge in [-0.25, -0.2) is 0 Å². The summed E-state index contributed by atoms with van der Waals surface area (Å²) in [5.41, 5.74) is 6.02. The summed E-state index contributed by atoms with van der Waals surface area (Å²) in [6, 6.07) is 1.75. The second-order valence-corrected chi connectivity index (χ2v) is 3.96. The Morgan fingerprint density at radius 1 is 1.24 bits per heavy atom. The normalized spacial score (nSPS) is 10.0. The molecule has 0 fully saturated rings. The summed E-state index contributed by atoms with van der Waals surface area (Å²) in [4.78, 5) is 11.7. The highest BCUT2D eigenvalue weighted by Crippen LogP contribution is 2.30. The van der Waals surface area contributed by atoms with Gasteiger partial charge in [-0.1, -0.05) is 0 Å². The zero-order chi connectivity index (χ0) is 12.3. The van der Waals surface area contributed by atoms with Gasteiger partial charge in [0.25, 0.3) is 0 Å². The van der Waals surface area contributed by atoms with Crippen LogP contribution in [0.4, 0.5) is 5.69 Å². The molecule has 2 N–H and O–H groups in total. The van der Waals surface area contributed by atoms with Crippen LogP contribution in [0, 0.1) is 0 Å². The van der Waals surface area contributed by atoms with E-state index in [-0.39, 0.29) is 17.4 Å². The number of pyridine rings is 1. The fourth-order valence-electron chi connectivity index (χ4n) is 1.17. The summed E-state index contributed by atoms with van der Waals surface area (Å²) in [6.07, 6.45) is 4.52. The van der Waals surface area contributed by atoms with Crippen molar-refractivity contribution in [1.82, 2.24) is 15.0 Å². The van der Waals surface area contributed by atoms with E-state index in [1.807, 2.05) is 0 Å². The van der Waals surface area contributed by atoms with Crippen LogP contribution < -0.4 is 15.2 Å². The number of rotatable bonds is 3. The third kappa shape index (κ3) is 2.62. The molecule has 2 aromatic rings. The molecule has 0 spiro atoms. The molecule has 0 atom stereocenters. The van der Waals surface area contributed by atoms with E-state index in [9.17, 15) is 0 Å². The Morgan fingerprint density at radius 2 is 2.00 bits per heavy atom. The average Bonchev–Trinajstić information content (AvgIpc) is 2.32. The van der Waals surface area contributed by atoms with E-state index in [0.29, 0.717) is 5.75 Å². The van der Waals surface area contributed by atoms with E-state index in [2.05, 4.69) is 30.9 Å². The predicted octanol–water partition coefficient (Wildman–Crippen LogP) is 2.02. The molecule has 2 heterocycles. The molecule has 0 unspecified atom stereocenters. The van der Waals surface area contributed by atoms with Crippen LogP contribution >= 0.6 is 15.9 Å². The van der Waals surface area contributed by atoms with E-state index in [4.69, 9.17) is 15.2 Å². The molecule has 2 rings (SSSR count). The largest absolute Gasteiger partial charge is 0.479 e. The molecule has 0 saturated carbocycles. The standard InChI is InChI=1S/C10H9BrN4O2/c1-16-9-8(12)10(15-5-14-9)17-7-2-6(11)3-13-4-7/h2-5H,12H2,1H3. The number of ether oxygens (including phenoxy) is 2. The number of methoxy groups -OCH3 is 1. The zero-order valence-electron chi connectivity index (χ0n) is 8.92. The maximum absolute atomic E-state index is 5.77. The molecule has 0 radical (unpaired) electrons. The maximum atomic E-state index is 5.77. The van der Waals surface area contributed by atoms with Gasteiger partial charge in [0.05, 0.1) is 13.3 Å². The molecule has 0 aromatic carbocycles. The number of nitrogen functional groups attached to an aromatic ring is 1. The molecule has 0 bridgehead atoms. The minimum absolute atomic E-state index is 0.233. The maximum Gasteiger partial charge on any atom is 0.249 e. The predicted molar refractivity (Wildman–Crippen MR) is 65.0 cm³/mol. The highest BCUT2D eigenvalue weighted by molar-refractivity contribution is 9.10. The lowest BCUT2D eigenvalue weighted by atomic mass is 10.4. The Kier molecular flexibility index (Phi) is 3.38. The summed E-state index contributed by atoms with van der Waals surface area (Å²) >= 11 is 3.29. The van der Waals surface area contributed by atoms with Crippen LogP contribution in [-0.4, -0.2) is 22.1 Å². The quantitative estimate of drug-likeness (QED) is 0.933. The van der Waals surface area contributed by atoms with Gasteiger partial charge in [-0.2, -0.15) is 9.97 Å². The average molecular weight is 297 g/mol. The fraction of sp³-hybridized carbons (Fsp3) is 0.100. The van der Waals surface area contributed by atoms with Gasteiger partial charge < -0.3 is 15.2 Å². The van der Waals surface area contributed by atoms with Gasteiger partial charge >= 0.3 is 0 Å². The Bertz CT molecular complexity index is 535. The van der Waals surface area contributed by atoms with Crippen LogP contribution in [0.25, 0.3) is 0 Å². The Labute approximate surface area is 106 Å². The minimum Gasteiger partial charge on any atom is -0.479 e. The van der Waals surface area contributed by atoms with E-state index < -0.39 is 0 Å². The molecule has 0 aliphatic heterocycles. The van der Waals surface area contributed by atoms with Gasteiger partial charge in [0, 0.05) is 10.7 Å². The highest BCUT2D eigenvalue weighted by Gasteiger charge is 2.10. The fourth-order valence-corrected chi connectivity index (χ4v) is 1.51. The van der Waals surface area contributed by atoms with Crippen molar-refractivity contribution in [3.05, 3.63) is 29.3 Å². The third-order valence-corrected chi connectivity index (χ3v) is 2.33. The van der Waals surface area contributed by atoms with Crippen LogP contribution in [-0.2, 0) is 0 Å². The van der Waals surface area contributed by atoms with Gasteiger partial charge in [0.15, 0.2) is 5.69 Å². The van der Waals surface area contributed by atoms with Crippen molar-refractivity contribution < 1.29 is 9.47 Å². The number of halogens is 1. The van der Waals surface area contributed by atoms with Gasteiger partial charge in [-0.3, -0.25) is 4.98 Å². The van der Waals surface area contributed by atoms with Gasteiger partial charge in [-0.15, -0.1) is 0 Å². The third-order valence-electron chi connectivity index (χ3n) is 1.90.